The predicted molar refractivity (Wildman–Crippen MR) is 38.2 cm³/mol. The van der Waals surface area contributed by atoms with E-state index in [2.05, 4.69) is 11.8 Å². The van der Waals surface area contributed by atoms with Crippen LogP contribution < -0.4 is 0 Å². The summed E-state index contributed by atoms with van der Waals surface area (Å²) in [6.45, 7) is -0.180. The summed E-state index contributed by atoms with van der Waals surface area (Å²) >= 11 is 0. The Bertz CT molecular complexity index is 164. The van der Waals surface area contributed by atoms with E-state index >= 15 is 0 Å². The lowest BCUT2D eigenvalue weighted by Crippen LogP contribution is -2.20. The smallest absolute Gasteiger partial charge is 0.234 e. The van der Waals surface area contributed by atoms with Crippen LogP contribution in [0.2, 0.25) is 0 Å². The second kappa shape index (κ2) is 4.83. The van der Waals surface area contributed by atoms with Gasteiger partial charge in [0.15, 0.2) is 0 Å². The number of rotatable bonds is 1. The third kappa shape index (κ3) is 3.93. The van der Waals surface area contributed by atoms with Crippen molar-refractivity contribution in [1.29, 1.82) is 0 Å². The molecule has 3 heteroatoms. The van der Waals surface area contributed by atoms with E-state index in [1.807, 2.05) is 0 Å². The molecular formula is C7H11NO2. The fourth-order valence-corrected chi connectivity index (χ4v) is 0.352. The number of amides is 1. The summed E-state index contributed by atoms with van der Waals surface area (Å²) in [5.74, 6) is 4.88. The summed E-state index contributed by atoms with van der Waals surface area (Å²) in [7, 11) is 3.34. The molecule has 0 aliphatic carbocycles. The first-order valence-corrected chi connectivity index (χ1v) is 2.95. The Hall–Kier alpha value is -1.01. The molecule has 56 valence electrons. The molecule has 0 radical (unpaired) electrons. The van der Waals surface area contributed by atoms with E-state index in [1.165, 1.54) is 4.90 Å². The molecule has 10 heavy (non-hydrogen) atoms. The van der Waals surface area contributed by atoms with Gasteiger partial charge in [-0.05, 0) is 0 Å². The van der Waals surface area contributed by atoms with Crippen LogP contribution in [-0.2, 0) is 4.79 Å². The number of hydrogen-bond donors (Lipinski definition) is 1. The van der Waals surface area contributed by atoms with Gasteiger partial charge in [0, 0.05) is 14.1 Å². The van der Waals surface area contributed by atoms with Crippen molar-refractivity contribution >= 4 is 5.91 Å². The fourth-order valence-electron chi connectivity index (χ4n) is 0.352. The number of carbonyl (C=O) groups excluding carboxylic acids is 1. The minimum Gasteiger partial charge on any atom is -0.384 e. The van der Waals surface area contributed by atoms with Crippen LogP contribution in [0.4, 0.5) is 0 Å². The minimum absolute atomic E-state index is 0.0408. The van der Waals surface area contributed by atoms with Crippen molar-refractivity contribution in [2.75, 3.05) is 20.7 Å². The number of aliphatic hydroxyl groups is 1. The maximum absolute atomic E-state index is 10.8. The summed E-state index contributed by atoms with van der Waals surface area (Å²) in [5.41, 5.74) is 0. The van der Waals surface area contributed by atoms with Crippen molar-refractivity contribution in [2.24, 2.45) is 0 Å². The molecule has 0 fully saturated rings. The average Bonchev–Trinajstić information content (AvgIpc) is 1.88. The predicted octanol–water partition coefficient (Wildman–Crippen LogP) is -0.540. The zero-order valence-electron chi connectivity index (χ0n) is 6.22. The highest BCUT2D eigenvalue weighted by Gasteiger charge is 1.98. The van der Waals surface area contributed by atoms with E-state index in [0.29, 0.717) is 0 Å². The Morgan fingerprint density at radius 1 is 1.50 bits per heavy atom. The molecule has 0 atom stereocenters. The van der Waals surface area contributed by atoms with Crippen LogP contribution >= 0.6 is 0 Å². The van der Waals surface area contributed by atoms with Crippen LogP contribution in [0.25, 0.3) is 0 Å². The highest BCUT2D eigenvalue weighted by atomic mass is 16.2. The summed E-state index contributed by atoms with van der Waals surface area (Å²) < 4.78 is 0. The van der Waals surface area contributed by atoms with Crippen LogP contribution in [-0.4, -0.2) is 36.6 Å². The molecular weight excluding hydrogens is 130 g/mol. The van der Waals surface area contributed by atoms with Crippen LogP contribution in [0.5, 0.6) is 0 Å². The van der Waals surface area contributed by atoms with E-state index in [0.717, 1.165) is 0 Å². The van der Waals surface area contributed by atoms with Crippen molar-refractivity contribution < 1.29 is 9.90 Å². The van der Waals surface area contributed by atoms with Crippen LogP contribution in [0.15, 0.2) is 0 Å². The molecule has 0 saturated heterocycles. The molecule has 0 unspecified atom stereocenters. The van der Waals surface area contributed by atoms with Crippen LogP contribution in [0.3, 0.4) is 0 Å². The zero-order chi connectivity index (χ0) is 7.98. The highest BCUT2D eigenvalue weighted by Crippen LogP contribution is 1.82. The van der Waals surface area contributed by atoms with Crippen LogP contribution in [0, 0.1) is 11.8 Å². The summed E-state index contributed by atoms with van der Waals surface area (Å²) in [6.07, 6.45) is 0.188. The van der Waals surface area contributed by atoms with E-state index in [1.54, 1.807) is 14.1 Å². The normalized spacial score (nSPS) is 7.90. The zero-order valence-corrected chi connectivity index (χ0v) is 6.22. The minimum atomic E-state index is -0.180. The van der Waals surface area contributed by atoms with Gasteiger partial charge in [0.25, 0.3) is 0 Å². The Balaban J connectivity index is 3.59. The molecule has 0 saturated carbocycles. The monoisotopic (exact) mass is 141 g/mol. The fraction of sp³-hybridized carbons (Fsp3) is 0.571. The maximum atomic E-state index is 10.8. The summed E-state index contributed by atoms with van der Waals surface area (Å²) in [5, 5.41) is 8.22. The van der Waals surface area contributed by atoms with Gasteiger partial charge in [-0.15, -0.1) is 0 Å². The lowest BCUT2D eigenvalue weighted by atomic mass is 10.4. The third-order valence-electron chi connectivity index (χ3n) is 0.942. The van der Waals surface area contributed by atoms with Crippen molar-refractivity contribution in [1.82, 2.24) is 4.90 Å². The van der Waals surface area contributed by atoms with Crippen molar-refractivity contribution in [3.8, 4) is 11.8 Å². The Morgan fingerprint density at radius 3 is 2.50 bits per heavy atom. The topological polar surface area (TPSA) is 40.5 Å². The van der Waals surface area contributed by atoms with Crippen molar-refractivity contribution in [3.63, 3.8) is 0 Å². The largest absolute Gasteiger partial charge is 0.384 e. The van der Waals surface area contributed by atoms with Gasteiger partial charge in [-0.1, -0.05) is 11.8 Å². The van der Waals surface area contributed by atoms with Gasteiger partial charge < -0.3 is 10.0 Å². The molecule has 0 aliphatic heterocycles. The lowest BCUT2D eigenvalue weighted by Gasteiger charge is -2.05. The Labute approximate surface area is 60.6 Å². The summed E-state index contributed by atoms with van der Waals surface area (Å²) in [4.78, 5) is 12.2. The first-order chi connectivity index (χ1) is 4.68. The molecule has 0 rings (SSSR count). The summed E-state index contributed by atoms with van der Waals surface area (Å²) in [6, 6.07) is 0. The first kappa shape index (κ1) is 8.99. The van der Waals surface area contributed by atoms with Gasteiger partial charge in [-0.3, -0.25) is 4.79 Å². The Kier molecular flexibility index (Phi) is 4.34. The maximum Gasteiger partial charge on any atom is 0.234 e. The molecule has 0 aromatic carbocycles. The molecule has 0 aromatic rings. The number of nitrogens with zero attached hydrogens (tertiary/aromatic N) is 1. The molecule has 0 heterocycles. The molecule has 3 nitrogen and oxygen atoms in total. The van der Waals surface area contributed by atoms with E-state index in [-0.39, 0.29) is 18.9 Å². The van der Waals surface area contributed by atoms with Gasteiger partial charge in [0.05, 0.1) is 6.42 Å². The van der Waals surface area contributed by atoms with Crippen molar-refractivity contribution in [3.05, 3.63) is 0 Å². The first-order valence-electron chi connectivity index (χ1n) is 2.95. The number of aliphatic hydroxyl groups excluding tert-OH is 1. The number of carbonyl (C=O) groups is 1. The van der Waals surface area contributed by atoms with E-state index in [4.69, 9.17) is 5.11 Å². The Morgan fingerprint density at radius 2 is 2.10 bits per heavy atom. The molecule has 0 aliphatic rings. The van der Waals surface area contributed by atoms with Crippen molar-refractivity contribution in [2.45, 2.75) is 6.42 Å². The van der Waals surface area contributed by atoms with Gasteiger partial charge in [0.2, 0.25) is 5.91 Å². The molecule has 0 bridgehead atoms. The van der Waals surface area contributed by atoms with Crippen LogP contribution in [0.1, 0.15) is 6.42 Å². The standard InChI is InChI=1S/C7H11NO2/c1-8(2)7(10)5-3-4-6-9/h9H,5-6H2,1-2H3. The van der Waals surface area contributed by atoms with E-state index < -0.39 is 0 Å². The quantitative estimate of drug-likeness (QED) is 0.498. The molecule has 1 N–H and O–H groups in total. The second-order valence-electron chi connectivity index (χ2n) is 1.98. The SMILES string of the molecule is CN(C)C(=O)CC#CCO. The van der Waals surface area contributed by atoms with Gasteiger partial charge >= 0.3 is 0 Å². The molecule has 0 spiro atoms. The number of hydrogen-bond acceptors (Lipinski definition) is 2. The second-order valence-corrected chi connectivity index (χ2v) is 1.98. The molecule has 1 amide bonds. The van der Waals surface area contributed by atoms with E-state index in [9.17, 15) is 4.79 Å². The third-order valence-corrected chi connectivity index (χ3v) is 0.942. The van der Waals surface area contributed by atoms with Gasteiger partial charge in [-0.2, -0.15) is 0 Å². The van der Waals surface area contributed by atoms with Gasteiger partial charge in [-0.25, -0.2) is 0 Å². The van der Waals surface area contributed by atoms with Gasteiger partial charge in [0.1, 0.15) is 6.61 Å². The average molecular weight is 141 g/mol. The molecule has 0 aromatic heterocycles. The lowest BCUT2D eigenvalue weighted by molar-refractivity contribution is -0.127. The highest BCUT2D eigenvalue weighted by molar-refractivity contribution is 5.78.